The second kappa shape index (κ2) is 11.1. The van der Waals surface area contributed by atoms with Crippen LogP contribution in [0.4, 0.5) is 26.3 Å². The van der Waals surface area contributed by atoms with Gasteiger partial charge in [0.25, 0.3) is 11.8 Å². The van der Waals surface area contributed by atoms with Gasteiger partial charge in [0.05, 0.1) is 23.0 Å². The Labute approximate surface area is 246 Å². The van der Waals surface area contributed by atoms with Crippen LogP contribution in [0.2, 0.25) is 0 Å². The number of hydrogen-bond donors (Lipinski definition) is 2. The molecule has 14 heteroatoms. The first-order valence-electron chi connectivity index (χ1n) is 13.6. The highest BCUT2D eigenvalue weighted by Crippen LogP contribution is 2.67. The van der Waals surface area contributed by atoms with E-state index < -0.39 is 72.0 Å². The predicted octanol–water partition coefficient (Wildman–Crippen LogP) is 4.90. The quantitative estimate of drug-likeness (QED) is 0.262. The lowest BCUT2D eigenvalue weighted by Gasteiger charge is -2.22. The molecule has 6 rings (SSSR count). The molecule has 2 amide bonds. The highest BCUT2D eigenvalue weighted by molar-refractivity contribution is 5.95. The van der Waals surface area contributed by atoms with Gasteiger partial charge in [-0.1, -0.05) is 6.07 Å². The van der Waals surface area contributed by atoms with Crippen molar-refractivity contribution in [2.24, 2.45) is 5.92 Å². The summed E-state index contributed by atoms with van der Waals surface area (Å²) in [5, 5.41) is 8.98. The van der Waals surface area contributed by atoms with E-state index in [4.69, 9.17) is 0 Å². The van der Waals surface area contributed by atoms with Crippen molar-refractivity contribution in [2.75, 3.05) is 7.05 Å². The minimum absolute atomic E-state index is 0.133. The average Bonchev–Trinajstić information content (AvgIpc) is 3.65. The van der Waals surface area contributed by atoms with Crippen molar-refractivity contribution < 1.29 is 35.9 Å². The summed E-state index contributed by atoms with van der Waals surface area (Å²) in [7, 11) is 1.33. The lowest BCUT2D eigenvalue weighted by atomic mass is 9.95. The zero-order valence-corrected chi connectivity index (χ0v) is 23.1. The van der Waals surface area contributed by atoms with Crippen LogP contribution in [-0.2, 0) is 30.4 Å². The minimum atomic E-state index is -3.27. The smallest absolute Gasteiger partial charge is 0.293 e. The molecule has 0 saturated heterocycles. The lowest BCUT2D eigenvalue weighted by molar-refractivity contribution is -0.122. The monoisotopic (exact) mass is 614 g/mol. The molecule has 3 atom stereocenters. The molecule has 2 aromatic carbocycles. The Morgan fingerprint density at radius 3 is 2.57 bits per heavy atom. The van der Waals surface area contributed by atoms with Crippen molar-refractivity contribution in [3.63, 3.8) is 0 Å². The number of benzene rings is 2. The summed E-state index contributed by atoms with van der Waals surface area (Å²) in [4.78, 5) is 33.9. The van der Waals surface area contributed by atoms with Crippen LogP contribution in [0.25, 0.3) is 11.1 Å². The molecule has 2 N–H and O–H groups in total. The van der Waals surface area contributed by atoms with Crippen molar-refractivity contribution in [2.45, 2.75) is 43.9 Å². The number of halogens is 6. The van der Waals surface area contributed by atoms with Crippen LogP contribution in [-0.4, -0.2) is 38.6 Å². The van der Waals surface area contributed by atoms with E-state index >= 15 is 8.78 Å². The Balaban J connectivity index is 1.37. The van der Waals surface area contributed by atoms with Gasteiger partial charge in [-0.2, -0.15) is 13.9 Å². The molecule has 1 fully saturated rings. The maximum atomic E-state index is 15.0. The Morgan fingerprint density at radius 1 is 1.11 bits per heavy atom. The molecule has 1 saturated carbocycles. The summed E-state index contributed by atoms with van der Waals surface area (Å²) in [6, 6.07) is 5.37. The summed E-state index contributed by atoms with van der Waals surface area (Å²) < 4.78 is 87.2. The Morgan fingerprint density at radius 2 is 1.86 bits per heavy atom. The molecule has 2 aliphatic rings. The van der Waals surface area contributed by atoms with Crippen molar-refractivity contribution >= 4 is 11.8 Å². The van der Waals surface area contributed by atoms with Crippen LogP contribution in [0.1, 0.15) is 56.9 Å². The van der Waals surface area contributed by atoms with E-state index in [9.17, 15) is 27.2 Å². The van der Waals surface area contributed by atoms with E-state index in [1.165, 1.54) is 25.4 Å². The second-order valence-electron chi connectivity index (χ2n) is 10.8. The number of fused-ring (bicyclic) bond motifs is 3. The third-order valence-corrected chi connectivity index (χ3v) is 7.95. The van der Waals surface area contributed by atoms with Crippen molar-refractivity contribution in [3.05, 3.63) is 100 Å². The van der Waals surface area contributed by atoms with Gasteiger partial charge in [-0.25, -0.2) is 27.5 Å². The number of carbonyl (C=O) groups excluding carboxylic acids is 2. The number of rotatable bonds is 9. The summed E-state index contributed by atoms with van der Waals surface area (Å²) in [5.41, 5.74) is 0.0635. The number of aromatic nitrogens is 4. The van der Waals surface area contributed by atoms with Crippen molar-refractivity contribution in [3.8, 4) is 11.1 Å². The molecular weight excluding hydrogens is 590 g/mol. The molecular formula is C30H24F6N6O2. The first-order valence-corrected chi connectivity index (χ1v) is 13.6. The number of hydrogen-bond acceptors (Lipinski definition) is 5. The average molecular weight is 615 g/mol. The lowest BCUT2D eigenvalue weighted by Crippen LogP contribution is -2.35. The molecule has 4 aromatic rings. The largest absolute Gasteiger partial charge is 0.355 e. The molecule has 0 aliphatic heterocycles. The Kier molecular flexibility index (Phi) is 7.38. The number of nitrogens with one attached hydrogen (secondary N) is 2. The summed E-state index contributed by atoms with van der Waals surface area (Å²) in [6.07, 6.45) is 2.53. The first-order chi connectivity index (χ1) is 21.0. The third-order valence-electron chi connectivity index (χ3n) is 7.95. The number of nitrogens with zero attached hydrogens (tertiary/aromatic N) is 4. The highest BCUT2D eigenvalue weighted by Gasteiger charge is 2.66. The van der Waals surface area contributed by atoms with Crippen molar-refractivity contribution in [1.29, 1.82) is 0 Å². The Hall–Kier alpha value is -4.75. The maximum Gasteiger partial charge on any atom is 0.293 e. The van der Waals surface area contributed by atoms with Gasteiger partial charge in [0, 0.05) is 36.4 Å². The van der Waals surface area contributed by atoms with E-state index in [1.807, 2.05) is 0 Å². The van der Waals surface area contributed by atoms with Gasteiger partial charge < -0.3 is 10.6 Å². The fourth-order valence-corrected chi connectivity index (χ4v) is 5.97. The molecule has 228 valence electrons. The van der Waals surface area contributed by atoms with Gasteiger partial charge in [0.2, 0.25) is 5.91 Å². The van der Waals surface area contributed by atoms with Crippen LogP contribution in [0.15, 0.2) is 48.9 Å². The third kappa shape index (κ3) is 5.18. The number of alkyl halides is 3. The molecule has 44 heavy (non-hydrogen) atoms. The fraction of sp³-hybridized carbons (Fsp3) is 0.300. The van der Waals surface area contributed by atoms with Gasteiger partial charge >= 0.3 is 0 Å². The van der Waals surface area contributed by atoms with E-state index in [1.54, 1.807) is 0 Å². The zero-order valence-electron chi connectivity index (χ0n) is 23.1. The van der Waals surface area contributed by atoms with Crippen LogP contribution in [0.5, 0.6) is 0 Å². The molecule has 2 unspecified atom stereocenters. The Bertz CT molecular complexity index is 1770. The summed E-state index contributed by atoms with van der Waals surface area (Å²) in [6.45, 7) is -1.76. The molecule has 0 radical (unpaired) electrons. The fourth-order valence-electron chi connectivity index (χ4n) is 5.97. The SMILES string of the molecule is CNC(=O)c1cc(-c2cncnc2[C@H](Cc2cc(F)cc(F)c2)NC(=O)Cn2nc(CF)c3c2C(F)(F)C2CC32)ccc1F. The predicted molar refractivity (Wildman–Crippen MR) is 144 cm³/mol. The molecule has 0 bridgehead atoms. The van der Waals surface area contributed by atoms with E-state index in [0.29, 0.717) is 11.6 Å². The zero-order chi connectivity index (χ0) is 31.3. The molecule has 8 nitrogen and oxygen atoms in total. The molecule has 2 aromatic heterocycles. The van der Waals surface area contributed by atoms with E-state index in [0.717, 1.165) is 29.2 Å². The van der Waals surface area contributed by atoms with Gasteiger partial charge in [-0.05, 0) is 54.2 Å². The molecule has 2 aliphatic carbocycles. The van der Waals surface area contributed by atoms with Gasteiger partial charge in [-0.15, -0.1) is 0 Å². The van der Waals surface area contributed by atoms with Crippen LogP contribution in [0.3, 0.4) is 0 Å². The van der Waals surface area contributed by atoms with Crippen LogP contribution >= 0.6 is 0 Å². The highest BCUT2D eigenvalue weighted by atomic mass is 19.3. The van der Waals surface area contributed by atoms with Gasteiger partial charge in [0.15, 0.2) is 0 Å². The number of carbonyl (C=O) groups is 2. The molecule has 2 heterocycles. The first kappa shape index (κ1) is 29.3. The standard InChI is InChI=1S/C30H24F6N6O2/c1-37-29(44)19-7-15(2-3-22(19)34)20-11-38-13-39-27(20)23(6-14-4-16(32)8-17(33)5-14)40-25(43)12-42-28-26(24(10-31)41-42)18-9-21(18)30(28,35)36/h2-5,7-8,11,13,18,21,23H,6,9-10,12H2,1H3,(H,37,44)(H,40,43)/t18?,21?,23-/m0/s1. The van der Waals surface area contributed by atoms with Crippen molar-refractivity contribution in [1.82, 2.24) is 30.4 Å². The van der Waals surface area contributed by atoms with E-state index in [-0.39, 0.29) is 46.5 Å². The second-order valence-corrected chi connectivity index (χ2v) is 10.8. The topological polar surface area (TPSA) is 102 Å². The normalized spacial score (nSPS) is 18.3. The number of amides is 2. The van der Waals surface area contributed by atoms with Gasteiger partial charge in [-0.3, -0.25) is 14.3 Å². The van der Waals surface area contributed by atoms with E-state index in [2.05, 4.69) is 25.7 Å². The summed E-state index contributed by atoms with van der Waals surface area (Å²) in [5.74, 6) is -8.76. The minimum Gasteiger partial charge on any atom is -0.355 e. The maximum absolute atomic E-state index is 15.0. The van der Waals surface area contributed by atoms with Crippen LogP contribution < -0.4 is 10.6 Å². The molecule has 0 spiro atoms. The summed E-state index contributed by atoms with van der Waals surface area (Å²) >= 11 is 0. The van der Waals surface area contributed by atoms with Gasteiger partial charge in [0.1, 0.15) is 42.7 Å². The van der Waals surface area contributed by atoms with Crippen LogP contribution in [0, 0.1) is 23.4 Å².